The highest BCUT2D eigenvalue weighted by Crippen LogP contribution is 2.20. The van der Waals surface area contributed by atoms with Crippen molar-refractivity contribution in [1.82, 2.24) is 0 Å². The molecular weight excluding hydrogens is 261 g/mol. The Kier molecular flexibility index (Phi) is 3.76. The van der Waals surface area contributed by atoms with Crippen LogP contribution >= 0.6 is 0 Å². The quantitative estimate of drug-likeness (QED) is 0.773. The highest BCUT2D eigenvalue weighted by atomic mass is 32.2. The third kappa shape index (κ3) is 2.76. The average molecular weight is 268 g/mol. The monoisotopic (exact) mass is 268 g/mol. The van der Waals surface area contributed by atoms with E-state index in [0.717, 1.165) is 7.11 Å². The Morgan fingerprint density at radius 2 is 1.71 bits per heavy atom. The molecule has 1 unspecified atom stereocenters. The first-order chi connectivity index (χ1) is 7.78. The first-order valence-electron chi connectivity index (χ1n) is 4.21. The van der Waals surface area contributed by atoms with Crippen molar-refractivity contribution in [2.45, 2.75) is 10.4 Å². The Labute approximate surface area is 94.9 Å². The van der Waals surface area contributed by atoms with Gasteiger partial charge in [0, 0.05) is 6.07 Å². The molecule has 1 atom stereocenters. The maximum absolute atomic E-state index is 13.2. The van der Waals surface area contributed by atoms with Crippen molar-refractivity contribution in [2.75, 3.05) is 7.11 Å². The fourth-order valence-corrected chi connectivity index (χ4v) is 2.17. The first kappa shape index (κ1) is 13.5. The Hall–Kier alpha value is -1.57. The largest absolute Gasteiger partial charge is 0.466 e. The van der Waals surface area contributed by atoms with Crippen molar-refractivity contribution < 1.29 is 31.1 Å². The SMILES string of the molecule is COC(=O)C(F)S(=O)(=O)c1cc(F)cc(F)c1. The maximum atomic E-state index is 13.2. The molecule has 0 bridgehead atoms. The predicted octanol–water partition coefficient (Wildman–Crippen LogP) is 1.21. The van der Waals surface area contributed by atoms with Crippen LogP contribution in [0.5, 0.6) is 0 Å². The standard InChI is InChI=1S/C9H7F3O4S/c1-16-9(13)8(12)17(14,15)7-3-5(10)2-6(11)4-7/h2-4,8H,1H3. The normalized spacial score (nSPS) is 13.2. The number of benzene rings is 1. The summed E-state index contributed by atoms with van der Waals surface area (Å²) >= 11 is 0. The third-order valence-electron chi connectivity index (χ3n) is 1.82. The average Bonchev–Trinajstić information content (AvgIpc) is 2.25. The Morgan fingerprint density at radius 1 is 1.24 bits per heavy atom. The van der Waals surface area contributed by atoms with Crippen LogP contribution in [-0.4, -0.2) is 27.0 Å². The van der Waals surface area contributed by atoms with Gasteiger partial charge >= 0.3 is 11.5 Å². The van der Waals surface area contributed by atoms with Crippen LogP contribution in [-0.2, 0) is 19.4 Å². The van der Waals surface area contributed by atoms with Gasteiger partial charge in [0.05, 0.1) is 12.0 Å². The molecule has 0 aliphatic heterocycles. The molecule has 0 radical (unpaired) electrons. The number of esters is 1. The predicted molar refractivity (Wildman–Crippen MR) is 50.5 cm³/mol. The molecule has 0 N–H and O–H groups in total. The van der Waals surface area contributed by atoms with E-state index >= 15 is 0 Å². The lowest BCUT2D eigenvalue weighted by molar-refractivity contribution is -0.143. The van der Waals surface area contributed by atoms with Gasteiger partial charge in [0.2, 0.25) is 9.84 Å². The maximum Gasteiger partial charge on any atom is 0.356 e. The van der Waals surface area contributed by atoms with E-state index < -0.39 is 37.8 Å². The molecule has 1 aromatic rings. The van der Waals surface area contributed by atoms with Crippen molar-refractivity contribution in [3.8, 4) is 0 Å². The molecule has 1 rings (SSSR count). The van der Waals surface area contributed by atoms with Crippen LogP contribution in [0, 0.1) is 11.6 Å². The van der Waals surface area contributed by atoms with Gasteiger partial charge in [-0.05, 0) is 12.1 Å². The van der Waals surface area contributed by atoms with E-state index in [4.69, 9.17) is 0 Å². The van der Waals surface area contributed by atoms with Crippen LogP contribution < -0.4 is 0 Å². The fraction of sp³-hybridized carbons (Fsp3) is 0.222. The molecule has 0 aromatic heterocycles. The van der Waals surface area contributed by atoms with Crippen molar-refractivity contribution in [2.24, 2.45) is 0 Å². The highest BCUT2D eigenvalue weighted by Gasteiger charge is 2.35. The topological polar surface area (TPSA) is 60.4 Å². The van der Waals surface area contributed by atoms with E-state index in [1.807, 2.05) is 0 Å². The Balaban J connectivity index is 3.26. The minimum Gasteiger partial charge on any atom is -0.466 e. The van der Waals surface area contributed by atoms with E-state index in [2.05, 4.69) is 4.74 Å². The zero-order valence-corrected chi connectivity index (χ0v) is 9.30. The highest BCUT2D eigenvalue weighted by molar-refractivity contribution is 7.92. The number of sulfone groups is 1. The van der Waals surface area contributed by atoms with Crippen LogP contribution in [0.25, 0.3) is 0 Å². The molecule has 0 saturated heterocycles. The third-order valence-corrected chi connectivity index (χ3v) is 3.45. The van der Waals surface area contributed by atoms with Gasteiger partial charge in [-0.1, -0.05) is 0 Å². The fourth-order valence-electron chi connectivity index (χ4n) is 1.03. The molecule has 8 heteroatoms. The van der Waals surface area contributed by atoms with Crippen molar-refractivity contribution in [1.29, 1.82) is 0 Å². The minimum absolute atomic E-state index is 0.411. The lowest BCUT2D eigenvalue weighted by Crippen LogP contribution is -2.27. The van der Waals surface area contributed by atoms with Crippen molar-refractivity contribution in [3.05, 3.63) is 29.8 Å². The lowest BCUT2D eigenvalue weighted by Gasteiger charge is -2.08. The van der Waals surface area contributed by atoms with Gasteiger partial charge in [0.15, 0.2) is 0 Å². The summed E-state index contributed by atoms with van der Waals surface area (Å²) in [5, 5.41) is 0. The number of ether oxygens (including phenoxy) is 1. The summed E-state index contributed by atoms with van der Waals surface area (Å²) in [6, 6.07) is 1.24. The van der Waals surface area contributed by atoms with Gasteiger partial charge in [-0.25, -0.2) is 26.4 Å². The number of methoxy groups -OCH3 is 1. The number of rotatable bonds is 3. The molecule has 0 amide bonds. The molecule has 17 heavy (non-hydrogen) atoms. The minimum atomic E-state index is -4.82. The first-order valence-corrected chi connectivity index (χ1v) is 5.75. The molecule has 0 aliphatic rings. The van der Waals surface area contributed by atoms with Crippen molar-refractivity contribution >= 4 is 15.8 Å². The second-order valence-electron chi connectivity index (χ2n) is 2.99. The summed E-state index contributed by atoms with van der Waals surface area (Å²) in [6.45, 7) is 0. The number of carbonyl (C=O) groups excluding carboxylic acids is 1. The number of alkyl halides is 1. The van der Waals surface area contributed by atoms with Gasteiger partial charge in [-0.3, -0.25) is 0 Å². The van der Waals surface area contributed by atoms with Crippen LogP contribution in [0.2, 0.25) is 0 Å². The van der Waals surface area contributed by atoms with E-state index in [0.29, 0.717) is 18.2 Å². The van der Waals surface area contributed by atoms with Gasteiger partial charge in [-0.2, -0.15) is 0 Å². The van der Waals surface area contributed by atoms with Gasteiger partial charge in [0.25, 0.3) is 0 Å². The number of hydrogen-bond donors (Lipinski definition) is 0. The van der Waals surface area contributed by atoms with Gasteiger partial charge in [-0.15, -0.1) is 0 Å². The molecule has 4 nitrogen and oxygen atoms in total. The van der Waals surface area contributed by atoms with Crippen LogP contribution in [0.1, 0.15) is 0 Å². The summed E-state index contributed by atoms with van der Waals surface area (Å²) in [7, 11) is -4.03. The summed E-state index contributed by atoms with van der Waals surface area (Å²) < 4.78 is 65.5. The summed E-state index contributed by atoms with van der Waals surface area (Å²) in [5.74, 6) is -4.05. The van der Waals surface area contributed by atoms with Gasteiger partial charge in [0.1, 0.15) is 11.6 Å². The Bertz CT molecular complexity index is 521. The zero-order chi connectivity index (χ0) is 13.2. The molecule has 0 saturated carbocycles. The second kappa shape index (κ2) is 4.74. The zero-order valence-electron chi connectivity index (χ0n) is 8.48. The van der Waals surface area contributed by atoms with E-state index in [9.17, 15) is 26.4 Å². The summed E-state index contributed by atoms with van der Waals surface area (Å²) in [4.78, 5) is 9.77. The van der Waals surface area contributed by atoms with Crippen LogP contribution in [0.3, 0.4) is 0 Å². The molecule has 0 heterocycles. The molecule has 0 fully saturated rings. The van der Waals surface area contributed by atoms with Gasteiger partial charge < -0.3 is 4.74 Å². The van der Waals surface area contributed by atoms with Crippen LogP contribution in [0.15, 0.2) is 23.1 Å². The van der Waals surface area contributed by atoms with Crippen molar-refractivity contribution in [3.63, 3.8) is 0 Å². The summed E-state index contributed by atoms with van der Waals surface area (Å²) in [5.41, 5.74) is -3.02. The number of carbonyl (C=O) groups is 1. The molecule has 1 aromatic carbocycles. The van der Waals surface area contributed by atoms with E-state index in [-0.39, 0.29) is 0 Å². The summed E-state index contributed by atoms with van der Waals surface area (Å²) in [6.07, 6.45) is 0. The molecule has 0 aliphatic carbocycles. The Morgan fingerprint density at radius 3 is 2.12 bits per heavy atom. The smallest absolute Gasteiger partial charge is 0.356 e. The lowest BCUT2D eigenvalue weighted by atomic mass is 10.3. The van der Waals surface area contributed by atoms with Crippen LogP contribution in [0.4, 0.5) is 13.2 Å². The number of halogens is 3. The second-order valence-corrected chi connectivity index (χ2v) is 4.96. The van der Waals surface area contributed by atoms with E-state index in [1.54, 1.807) is 0 Å². The molecular formula is C9H7F3O4S. The molecule has 0 spiro atoms. The molecule has 94 valence electrons. The van der Waals surface area contributed by atoms with E-state index in [1.165, 1.54) is 0 Å². The number of hydrogen-bond acceptors (Lipinski definition) is 4.